The Morgan fingerprint density at radius 2 is 1.96 bits per heavy atom. The zero-order chi connectivity index (χ0) is 20.5. The molecule has 0 radical (unpaired) electrons. The van der Waals surface area contributed by atoms with Gasteiger partial charge in [-0.25, -0.2) is 4.39 Å². The van der Waals surface area contributed by atoms with Gasteiger partial charge in [-0.05, 0) is 64.4 Å². The van der Waals surface area contributed by atoms with Crippen LogP contribution in [0.2, 0.25) is 0 Å². The van der Waals surface area contributed by atoms with E-state index in [1.165, 1.54) is 6.92 Å². The van der Waals surface area contributed by atoms with Gasteiger partial charge in [0.1, 0.15) is 11.3 Å². The molecule has 0 saturated heterocycles. The van der Waals surface area contributed by atoms with Gasteiger partial charge in [0.05, 0.1) is 6.10 Å². The third-order valence-electron chi connectivity index (χ3n) is 9.12. The van der Waals surface area contributed by atoms with E-state index in [0.29, 0.717) is 51.6 Å². The normalized spacial score (nSPS) is 50.4. The molecule has 0 heterocycles. The monoisotopic (exact) mass is 392 g/mol. The maximum atomic E-state index is 17.3. The molecule has 1 N–H and O–H groups in total. The van der Waals surface area contributed by atoms with Crippen molar-refractivity contribution < 1.29 is 23.8 Å². The van der Waals surface area contributed by atoms with Crippen molar-refractivity contribution in [2.24, 2.45) is 22.7 Å². The Kier molecular flexibility index (Phi) is 4.49. The van der Waals surface area contributed by atoms with Gasteiger partial charge < -0.3 is 9.84 Å². The van der Waals surface area contributed by atoms with E-state index in [1.54, 1.807) is 6.08 Å². The molecule has 7 atom stereocenters. The molecule has 156 valence electrons. The number of halogens is 1. The van der Waals surface area contributed by atoms with Crippen molar-refractivity contribution in [3.05, 3.63) is 11.6 Å². The number of hydrogen-bond donors (Lipinski definition) is 1. The first-order valence-electron chi connectivity index (χ1n) is 10.8. The minimum atomic E-state index is -1.58. The highest BCUT2D eigenvalue weighted by atomic mass is 19.1. The summed E-state index contributed by atoms with van der Waals surface area (Å²) in [6, 6.07) is 0. The van der Waals surface area contributed by atoms with E-state index < -0.39 is 28.2 Å². The molecule has 0 aromatic heterocycles. The molecule has 5 heteroatoms. The van der Waals surface area contributed by atoms with E-state index in [4.69, 9.17) is 4.74 Å². The van der Waals surface area contributed by atoms with Gasteiger partial charge in [-0.15, -0.1) is 0 Å². The highest BCUT2D eigenvalue weighted by molar-refractivity contribution is 5.91. The molecule has 3 fully saturated rings. The standard InChI is InChI=1S/C23H33FO4/c1-5-28-19-13-21(4)17(9-11-22(21,27)14(2)25)18-7-6-15-12-16(26)8-10-20(15,3)23(18,19)24/h12,17-19,27H,5-11,13H2,1-4H3. The molecule has 7 unspecified atom stereocenters. The molecule has 4 nitrogen and oxygen atoms in total. The Hall–Kier alpha value is -1.07. The van der Waals surface area contributed by atoms with Gasteiger partial charge in [0, 0.05) is 29.8 Å². The third kappa shape index (κ3) is 2.23. The van der Waals surface area contributed by atoms with E-state index in [0.717, 1.165) is 5.57 Å². The summed E-state index contributed by atoms with van der Waals surface area (Å²) in [6.07, 6.45) is 4.62. The smallest absolute Gasteiger partial charge is 0.161 e. The maximum absolute atomic E-state index is 17.3. The van der Waals surface area contributed by atoms with Gasteiger partial charge in [0.15, 0.2) is 11.6 Å². The molecule has 0 aromatic carbocycles. The number of hydrogen-bond acceptors (Lipinski definition) is 4. The summed E-state index contributed by atoms with van der Waals surface area (Å²) in [5.41, 5.74) is -3.47. The largest absolute Gasteiger partial charge is 0.382 e. The summed E-state index contributed by atoms with van der Waals surface area (Å²) >= 11 is 0. The van der Waals surface area contributed by atoms with Crippen LogP contribution in [0.25, 0.3) is 0 Å². The SMILES string of the molecule is CCOC1CC2(C)C(CCC2(O)C(C)=O)C2CCC3=CC(=O)CCC3(C)C12F. The zero-order valence-electron chi connectivity index (χ0n) is 17.5. The van der Waals surface area contributed by atoms with Crippen LogP contribution >= 0.6 is 0 Å². The minimum absolute atomic E-state index is 0.0564. The van der Waals surface area contributed by atoms with Gasteiger partial charge in [0.25, 0.3) is 0 Å². The molecule has 4 aliphatic rings. The lowest BCUT2D eigenvalue weighted by Gasteiger charge is -2.64. The summed E-state index contributed by atoms with van der Waals surface area (Å²) in [4.78, 5) is 24.5. The maximum Gasteiger partial charge on any atom is 0.161 e. The lowest BCUT2D eigenvalue weighted by atomic mass is 9.44. The number of alkyl halides is 1. The summed E-state index contributed by atoms with van der Waals surface area (Å²) in [5.74, 6) is -0.453. The van der Waals surface area contributed by atoms with Crippen LogP contribution in [-0.2, 0) is 14.3 Å². The molecule has 0 aromatic rings. The summed E-state index contributed by atoms with van der Waals surface area (Å²) in [7, 11) is 0. The molecular weight excluding hydrogens is 359 g/mol. The number of ketones is 2. The molecule has 0 spiro atoms. The van der Waals surface area contributed by atoms with Crippen molar-refractivity contribution >= 4 is 11.6 Å². The molecule has 4 aliphatic carbocycles. The van der Waals surface area contributed by atoms with Crippen LogP contribution in [0.5, 0.6) is 0 Å². The van der Waals surface area contributed by atoms with Gasteiger partial charge in [-0.1, -0.05) is 19.4 Å². The Morgan fingerprint density at radius 3 is 2.61 bits per heavy atom. The molecule has 28 heavy (non-hydrogen) atoms. The van der Waals surface area contributed by atoms with Crippen LogP contribution in [0, 0.1) is 22.7 Å². The van der Waals surface area contributed by atoms with Gasteiger partial charge in [-0.3, -0.25) is 9.59 Å². The highest BCUT2D eigenvalue weighted by Crippen LogP contribution is 2.70. The van der Waals surface area contributed by atoms with Crippen molar-refractivity contribution in [1.29, 1.82) is 0 Å². The fourth-order valence-corrected chi connectivity index (χ4v) is 7.50. The lowest BCUT2D eigenvalue weighted by molar-refractivity contribution is -0.237. The van der Waals surface area contributed by atoms with Crippen LogP contribution in [0.15, 0.2) is 11.6 Å². The van der Waals surface area contributed by atoms with Gasteiger partial charge in [-0.2, -0.15) is 0 Å². The Labute approximate surface area is 166 Å². The van der Waals surface area contributed by atoms with E-state index >= 15 is 4.39 Å². The summed E-state index contributed by atoms with van der Waals surface area (Å²) < 4.78 is 23.4. The zero-order valence-corrected chi connectivity index (χ0v) is 17.5. The number of Topliss-reactive ketones (excluding diaryl/α,β-unsaturated/α-hetero) is 1. The first-order chi connectivity index (χ1) is 13.0. The van der Waals surface area contributed by atoms with Crippen LogP contribution in [-0.4, -0.2) is 40.7 Å². The van der Waals surface area contributed by atoms with Crippen molar-refractivity contribution in [2.75, 3.05) is 6.61 Å². The van der Waals surface area contributed by atoms with Crippen molar-refractivity contribution in [1.82, 2.24) is 0 Å². The quantitative estimate of drug-likeness (QED) is 0.790. The Balaban J connectivity index is 1.85. The van der Waals surface area contributed by atoms with E-state index in [1.807, 2.05) is 20.8 Å². The van der Waals surface area contributed by atoms with E-state index in [2.05, 4.69) is 0 Å². The summed E-state index contributed by atoms with van der Waals surface area (Å²) in [5, 5.41) is 11.3. The Bertz CT molecular complexity index is 747. The van der Waals surface area contributed by atoms with E-state index in [-0.39, 0.29) is 23.4 Å². The molecule has 3 saturated carbocycles. The average molecular weight is 393 g/mol. The number of ether oxygens (including phenoxy) is 1. The number of fused-ring (bicyclic) bond motifs is 5. The van der Waals surface area contributed by atoms with Gasteiger partial charge in [0.2, 0.25) is 0 Å². The van der Waals surface area contributed by atoms with Crippen LogP contribution in [0.1, 0.15) is 72.6 Å². The average Bonchev–Trinajstić information content (AvgIpc) is 2.90. The topological polar surface area (TPSA) is 63.6 Å². The van der Waals surface area contributed by atoms with Crippen molar-refractivity contribution in [2.45, 2.75) is 90.0 Å². The molecule has 0 bridgehead atoms. The predicted octanol–water partition coefficient (Wildman–Crippen LogP) is 3.95. The highest BCUT2D eigenvalue weighted by Gasteiger charge is 2.74. The molecule has 4 rings (SSSR count). The summed E-state index contributed by atoms with van der Waals surface area (Å²) in [6.45, 7) is 7.64. The molecular formula is C23H33FO4. The van der Waals surface area contributed by atoms with Crippen LogP contribution < -0.4 is 0 Å². The number of carbonyl (C=O) groups is 2. The number of carbonyl (C=O) groups excluding carboxylic acids is 2. The minimum Gasteiger partial charge on any atom is -0.382 e. The second-order valence-corrected chi connectivity index (χ2v) is 10.0. The number of aliphatic hydroxyl groups is 1. The predicted molar refractivity (Wildman–Crippen MR) is 103 cm³/mol. The van der Waals surface area contributed by atoms with Gasteiger partial charge >= 0.3 is 0 Å². The van der Waals surface area contributed by atoms with Crippen molar-refractivity contribution in [3.63, 3.8) is 0 Å². The fraction of sp³-hybridized carbons (Fsp3) is 0.826. The fourth-order valence-electron chi connectivity index (χ4n) is 7.50. The molecule has 0 amide bonds. The number of allylic oxidation sites excluding steroid dienone is 1. The van der Waals surface area contributed by atoms with Crippen LogP contribution in [0.4, 0.5) is 4.39 Å². The van der Waals surface area contributed by atoms with E-state index in [9.17, 15) is 14.7 Å². The third-order valence-corrected chi connectivity index (χ3v) is 9.12. The first kappa shape index (κ1) is 20.2. The first-order valence-corrected chi connectivity index (χ1v) is 10.8. The Morgan fingerprint density at radius 1 is 1.25 bits per heavy atom. The molecule has 0 aliphatic heterocycles. The van der Waals surface area contributed by atoms with Crippen molar-refractivity contribution in [3.8, 4) is 0 Å². The number of rotatable bonds is 3. The van der Waals surface area contributed by atoms with Crippen LogP contribution in [0.3, 0.4) is 0 Å². The lowest BCUT2D eigenvalue weighted by Crippen LogP contribution is -2.69. The second-order valence-electron chi connectivity index (χ2n) is 10.0. The second kappa shape index (κ2) is 6.21.